The third-order valence-electron chi connectivity index (χ3n) is 3.95. The van der Waals surface area contributed by atoms with E-state index in [0.717, 1.165) is 28.4 Å². The molecule has 1 aliphatic rings. The van der Waals surface area contributed by atoms with Crippen LogP contribution in [-0.4, -0.2) is 6.54 Å². The van der Waals surface area contributed by atoms with Gasteiger partial charge in [-0.1, -0.05) is 35.3 Å². The maximum Gasteiger partial charge on any atom is 0.124 e. The highest BCUT2D eigenvalue weighted by Crippen LogP contribution is 2.30. The number of hydrogen-bond acceptors (Lipinski definition) is 1. The fraction of sp³-hybridized carbons (Fsp3) is 0.600. The molecule has 3 atom stereocenters. The molecule has 0 radical (unpaired) electrons. The largest absolute Gasteiger partial charge is 0.310 e. The molecule has 1 aromatic carbocycles. The zero-order chi connectivity index (χ0) is 13.1. The average molecular weight is 314 g/mol. The minimum Gasteiger partial charge on any atom is -0.310 e. The third kappa shape index (κ3) is 3.55. The summed E-state index contributed by atoms with van der Waals surface area (Å²) in [6.45, 7) is 5.53. The lowest BCUT2D eigenvalue weighted by Gasteiger charge is -2.18. The molecular formula is C15H21BrFN. The number of halogens is 2. The van der Waals surface area contributed by atoms with E-state index in [1.807, 2.05) is 6.07 Å². The third-order valence-corrected chi connectivity index (χ3v) is 4.63. The molecule has 2 rings (SSSR count). The fourth-order valence-corrected chi connectivity index (χ4v) is 3.51. The van der Waals surface area contributed by atoms with Gasteiger partial charge in [-0.2, -0.15) is 0 Å². The van der Waals surface area contributed by atoms with Gasteiger partial charge in [-0.3, -0.25) is 0 Å². The minimum absolute atomic E-state index is 0.192. The first-order valence-electron chi connectivity index (χ1n) is 6.74. The van der Waals surface area contributed by atoms with Crippen LogP contribution in [0.5, 0.6) is 0 Å². The molecule has 0 heterocycles. The van der Waals surface area contributed by atoms with Crippen LogP contribution in [0.25, 0.3) is 0 Å². The van der Waals surface area contributed by atoms with Crippen LogP contribution >= 0.6 is 15.9 Å². The highest BCUT2D eigenvalue weighted by molar-refractivity contribution is 9.10. The monoisotopic (exact) mass is 313 g/mol. The van der Waals surface area contributed by atoms with Crippen LogP contribution in [0.15, 0.2) is 22.7 Å². The topological polar surface area (TPSA) is 12.0 Å². The maximum atomic E-state index is 13.0. The number of rotatable bonds is 4. The van der Waals surface area contributed by atoms with Gasteiger partial charge in [0.15, 0.2) is 0 Å². The highest BCUT2D eigenvalue weighted by atomic mass is 79.9. The van der Waals surface area contributed by atoms with Crippen LogP contribution in [-0.2, 0) is 0 Å². The molecule has 3 heteroatoms. The molecule has 1 aliphatic carbocycles. The summed E-state index contributed by atoms with van der Waals surface area (Å²) in [7, 11) is 0. The molecule has 0 bridgehead atoms. The lowest BCUT2D eigenvalue weighted by Crippen LogP contribution is -2.25. The Labute approximate surface area is 117 Å². The van der Waals surface area contributed by atoms with Crippen molar-refractivity contribution < 1.29 is 4.39 Å². The Morgan fingerprint density at radius 3 is 2.83 bits per heavy atom. The smallest absolute Gasteiger partial charge is 0.124 e. The molecule has 100 valence electrons. The van der Waals surface area contributed by atoms with Gasteiger partial charge in [0, 0.05) is 10.5 Å². The molecule has 0 aromatic heterocycles. The summed E-state index contributed by atoms with van der Waals surface area (Å²) < 4.78 is 13.9. The van der Waals surface area contributed by atoms with Crippen molar-refractivity contribution in [3.63, 3.8) is 0 Å². The molecule has 1 N–H and O–H groups in total. The van der Waals surface area contributed by atoms with Gasteiger partial charge in [0.25, 0.3) is 0 Å². The second kappa shape index (κ2) is 6.16. The summed E-state index contributed by atoms with van der Waals surface area (Å²) in [6.07, 6.45) is 4.04. The lowest BCUT2D eigenvalue weighted by molar-refractivity contribution is 0.439. The van der Waals surface area contributed by atoms with Gasteiger partial charge >= 0.3 is 0 Å². The number of hydrogen-bond donors (Lipinski definition) is 1. The zero-order valence-corrected chi connectivity index (χ0v) is 12.6. The second-order valence-electron chi connectivity index (χ2n) is 5.58. The van der Waals surface area contributed by atoms with Gasteiger partial charge in [-0.25, -0.2) is 4.39 Å². The summed E-state index contributed by atoms with van der Waals surface area (Å²) in [5.41, 5.74) is 1.13. The normalized spacial score (nSPS) is 25.3. The summed E-state index contributed by atoms with van der Waals surface area (Å²) in [4.78, 5) is 0. The minimum atomic E-state index is -0.192. The summed E-state index contributed by atoms with van der Waals surface area (Å²) >= 11 is 3.43. The van der Waals surface area contributed by atoms with Crippen LogP contribution in [0, 0.1) is 17.7 Å². The van der Waals surface area contributed by atoms with Gasteiger partial charge in [0.2, 0.25) is 0 Å². The van der Waals surface area contributed by atoms with Crippen molar-refractivity contribution >= 4 is 15.9 Å². The fourth-order valence-electron chi connectivity index (χ4n) is 2.82. The molecule has 0 amide bonds. The predicted molar refractivity (Wildman–Crippen MR) is 77.0 cm³/mol. The Morgan fingerprint density at radius 2 is 2.22 bits per heavy atom. The lowest BCUT2D eigenvalue weighted by atomic mass is 10.0. The van der Waals surface area contributed by atoms with E-state index in [-0.39, 0.29) is 11.9 Å². The molecule has 0 saturated heterocycles. The summed E-state index contributed by atoms with van der Waals surface area (Å²) in [5.74, 6) is 1.49. The molecule has 0 aliphatic heterocycles. The van der Waals surface area contributed by atoms with Crippen molar-refractivity contribution in [3.05, 3.63) is 34.1 Å². The summed E-state index contributed by atoms with van der Waals surface area (Å²) in [6, 6.07) is 5.17. The zero-order valence-electron chi connectivity index (χ0n) is 11.0. The van der Waals surface area contributed by atoms with Crippen LogP contribution < -0.4 is 5.32 Å². The Bertz CT molecular complexity index is 407. The number of nitrogens with one attached hydrogen (secondary N) is 1. The molecule has 1 saturated carbocycles. The van der Waals surface area contributed by atoms with Gasteiger partial charge < -0.3 is 5.32 Å². The molecule has 3 unspecified atom stereocenters. The second-order valence-corrected chi connectivity index (χ2v) is 6.43. The Kier molecular flexibility index (Phi) is 4.79. The first-order chi connectivity index (χ1) is 8.56. The van der Waals surface area contributed by atoms with Gasteiger partial charge in [-0.15, -0.1) is 0 Å². The van der Waals surface area contributed by atoms with E-state index in [0.29, 0.717) is 0 Å². The van der Waals surface area contributed by atoms with Crippen molar-refractivity contribution in [1.82, 2.24) is 5.32 Å². The van der Waals surface area contributed by atoms with Crippen molar-refractivity contribution in [3.8, 4) is 0 Å². The quantitative estimate of drug-likeness (QED) is 0.851. The van der Waals surface area contributed by atoms with E-state index in [1.54, 1.807) is 0 Å². The van der Waals surface area contributed by atoms with E-state index in [4.69, 9.17) is 0 Å². The van der Waals surface area contributed by atoms with Crippen molar-refractivity contribution in [2.75, 3.05) is 6.54 Å². The maximum absolute atomic E-state index is 13.0. The molecule has 18 heavy (non-hydrogen) atoms. The van der Waals surface area contributed by atoms with E-state index in [2.05, 4.69) is 35.1 Å². The van der Waals surface area contributed by atoms with Crippen LogP contribution in [0.3, 0.4) is 0 Å². The van der Waals surface area contributed by atoms with Gasteiger partial charge in [0.05, 0.1) is 0 Å². The SMILES string of the molecule is CC1CCC(CNC(C)c2ccc(F)cc2Br)C1. The van der Waals surface area contributed by atoms with Crippen LogP contribution in [0.1, 0.15) is 44.7 Å². The van der Waals surface area contributed by atoms with E-state index in [1.165, 1.54) is 31.4 Å². The van der Waals surface area contributed by atoms with Crippen molar-refractivity contribution in [2.45, 2.75) is 39.2 Å². The molecular weight excluding hydrogens is 293 g/mol. The molecule has 1 nitrogen and oxygen atoms in total. The Balaban J connectivity index is 1.89. The average Bonchev–Trinajstić information content (AvgIpc) is 2.72. The predicted octanol–water partition coefficient (Wildman–Crippen LogP) is 4.68. The Hall–Kier alpha value is -0.410. The first kappa shape index (κ1) is 14.0. The van der Waals surface area contributed by atoms with Crippen LogP contribution in [0.2, 0.25) is 0 Å². The van der Waals surface area contributed by atoms with E-state index >= 15 is 0 Å². The molecule has 1 aromatic rings. The van der Waals surface area contributed by atoms with Crippen molar-refractivity contribution in [2.24, 2.45) is 11.8 Å². The first-order valence-corrected chi connectivity index (χ1v) is 7.54. The Morgan fingerprint density at radius 1 is 1.44 bits per heavy atom. The van der Waals surface area contributed by atoms with Gasteiger partial charge in [-0.05, 0) is 55.8 Å². The molecule has 0 spiro atoms. The van der Waals surface area contributed by atoms with Crippen LogP contribution in [0.4, 0.5) is 4.39 Å². The van der Waals surface area contributed by atoms with E-state index in [9.17, 15) is 4.39 Å². The number of benzene rings is 1. The van der Waals surface area contributed by atoms with Crippen molar-refractivity contribution in [1.29, 1.82) is 0 Å². The standard InChI is InChI=1S/C15H21BrFN/c1-10-3-4-12(7-10)9-18-11(2)14-6-5-13(17)8-15(14)16/h5-6,8,10-12,18H,3-4,7,9H2,1-2H3. The molecule has 1 fully saturated rings. The highest BCUT2D eigenvalue weighted by Gasteiger charge is 2.21. The summed E-state index contributed by atoms with van der Waals surface area (Å²) in [5, 5.41) is 3.57. The van der Waals surface area contributed by atoms with E-state index < -0.39 is 0 Å². The van der Waals surface area contributed by atoms with Gasteiger partial charge in [0.1, 0.15) is 5.82 Å².